The number of hydrogen-bond acceptors (Lipinski definition) is 4. The number of amides is 2. The van der Waals surface area contributed by atoms with Gasteiger partial charge >= 0.3 is 0 Å². The molecule has 2 saturated heterocycles. The maximum atomic E-state index is 13.5. The number of anilines is 2. The lowest BCUT2D eigenvalue weighted by molar-refractivity contribution is -0.126. The summed E-state index contributed by atoms with van der Waals surface area (Å²) in [6.45, 7) is 0. The molecule has 0 aliphatic carbocycles. The number of hydrogen-bond donors (Lipinski definition) is 0. The summed E-state index contributed by atoms with van der Waals surface area (Å²) in [4.78, 5) is 33.9. The highest BCUT2D eigenvalue weighted by Crippen LogP contribution is 2.47. The predicted molar refractivity (Wildman–Crippen MR) is 115 cm³/mol. The number of nitrogens with zero attached hydrogens (tertiary/aromatic N) is 2. The first kappa shape index (κ1) is 19.1. The SMILES string of the molecule is O=C1[C@H]2[C@@H](ON(c3ccccc3)[C@H]2c2ccccc2)C(=O)N1c1ccc(Cl)c(Cl)c1. The van der Waals surface area contributed by atoms with Gasteiger partial charge in [0.2, 0.25) is 5.91 Å². The third kappa shape index (κ3) is 2.98. The molecule has 0 saturated carbocycles. The highest BCUT2D eigenvalue weighted by molar-refractivity contribution is 6.42. The fourth-order valence-corrected chi connectivity index (χ4v) is 4.37. The van der Waals surface area contributed by atoms with Crippen LogP contribution < -0.4 is 9.96 Å². The average Bonchev–Trinajstić information content (AvgIpc) is 3.28. The Hall–Kier alpha value is -2.86. The molecule has 2 fully saturated rings. The first-order valence-electron chi connectivity index (χ1n) is 9.45. The van der Waals surface area contributed by atoms with E-state index < -0.39 is 24.0 Å². The Balaban J connectivity index is 1.58. The molecule has 5 rings (SSSR count). The second-order valence-electron chi connectivity index (χ2n) is 7.18. The summed E-state index contributed by atoms with van der Waals surface area (Å²) in [5.41, 5.74) is 2.06. The quantitative estimate of drug-likeness (QED) is 0.537. The van der Waals surface area contributed by atoms with Crippen molar-refractivity contribution in [1.29, 1.82) is 0 Å². The van der Waals surface area contributed by atoms with E-state index in [0.717, 1.165) is 16.2 Å². The zero-order chi connectivity index (χ0) is 20.8. The van der Waals surface area contributed by atoms with E-state index in [-0.39, 0.29) is 10.9 Å². The molecule has 2 heterocycles. The molecule has 0 radical (unpaired) electrons. The fraction of sp³-hybridized carbons (Fsp3) is 0.130. The number of para-hydroxylation sites is 1. The molecule has 3 aromatic carbocycles. The van der Waals surface area contributed by atoms with Crippen molar-refractivity contribution in [3.63, 3.8) is 0 Å². The van der Waals surface area contributed by atoms with Crippen molar-refractivity contribution < 1.29 is 14.4 Å². The minimum Gasteiger partial charge on any atom is -0.273 e. The molecule has 30 heavy (non-hydrogen) atoms. The third-order valence-corrected chi connectivity index (χ3v) is 6.17. The normalized spacial score (nSPS) is 23.2. The second-order valence-corrected chi connectivity index (χ2v) is 7.99. The highest BCUT2D eigenvalue weighted by atomic mass is 35.5. The number of hydroxylamine groups is 1. The fourth-order valence-electron chi connectivity index (χ4n) is 4.08. The van der Waals surface area contributed by atoms with Crippen LogP contribution in [0.3, 0.4) is 0 Å². The lowest BCUT2D eigenvalue weighted by atomic mass is 9.90. The largest absolute Gasteiger partial charge is 0.273 e. The summed E-state index contributed by atoms with van der Waals surface area (Å²) < 4.78 is 0. The smallest absolute Gasteiger partial charge is 0.266 e. The van der Waals surface area contributed by atoms with Crippen molar-refractivity contribution in [3.05, 3.63) is 94.5 Å². The van der Waals surface area contributed by atoms with Crippen molar-refractivity contribution in [1.82, 2.24) is 0 Å². The summed E-state index contributed by atoms with van der Waals surface area (Å²) in [7, 11) is 0. The number of carbonyl (C=O) groups is 2. The van der Waals surface area contributed by atoms with E-state index in [9.17, 15) is 9.59 Å². The van der Waals surface area contributed by atoms with Crippen molar-refractivity contribution in [2.24, 2.45) is 5.92 Å². The van der Waals surface area contributed by atoms with Crippen LogP contribution in [0.15, 0.2) is 78.9 Å². The van der Waals surface area contributed by atoms with Gasteiger partial charge in [0, 0.05) is 0 Å². The van der Waals surface area contributed by atoms with Crippen LogP contribution in [0.1, 0.15) is 11.6 Å². The first-order chi connectivity index (χ1) is 14.6. The van der Waals surface area contributed by atoms with Crippen molar-refractivity contribution in [2.45, 2.75) is 12.1 Å². The van der Waals surface area contributed by atoms with Gasteiger partial charge in [0.1, 0.15) is 5.92 Å². The highest BCUT2D eigenvalue weighted by Gasteiger charge is 2.60. The Morgan fingerprint density at radius 1 is 0.733 bits per heavy atom. The van der Waals surface area contributed by atoms with Gasteiger partial charge in [-0.3, -0.25) is 14.4 Å². The summed E-state index contributed by atoms with van der Waals surface area (Å²) >= 11 is 12.1. The molecular weight excluding hydrogens is 423 g/mol. The molecule has 0 N–H and O–H groups in total. The lowest BCUT2D eigenvalue weighted by Gasteiger charge is -2.28. The molecule has 150 valence electrons. The second kappa shape index (κ2) is 7.43. The molecule has 0 unspecified atom stereocenters. The maximum Gasteiger partial charge on any atom is 0.266 e. The zero-order valence-electron chi connectivity index (χ0n) is 15.6. The minimum absolute atomic E-state index is 0.276. The van der Waals surface area contributed by atoms with Gasteiger partial charge in [-0.25, -0.2) is 9.96 Å². The molecule has 5 nitrogen and oxygen atoms in total. The molecule has 7 heteroatoms. The lowest BCUT2D eigenvalue weighted by Crippen LogP contribution is -2.37. The average molecular weight is 439 g/mol. The molecule has 0 aromatic heterocycles. The number of carbonyl (C=O) groups excluding carboxylic acids is 2. The molecule has 0 bridgehead atoms. The van der Waals surface area contributed by atoms with Gasteiger partial charge in [0.25, 0.3) is 5.91 Å². The Kier molecular flexibility index (Phi) is 4.74. The van der Waals surface area contributed by atoms with Crippen molar-refractivity contribution >= 4 is 46.4 Å². The predicted octanol–water partition coefficient (Wildman–Crippen LogP) is 5.04. The monoisotopic (exact) mass is 438 g/mol. The summed E-state index contributed by atoms with van der Waals surface area (Å²) in [6.07, 6.45) is -0.919. The molecule has 3 aromatic rings. The molecule has 2 aliphatic rings. The molecule has 2 amide bonds. The first-order valence-corrected chi connectivity index (χ1v) is 10.2. The minimum atomic E-state index is -0.919. The van der Waals surface area contributed by atoms with Crippen LogP contribution in [0, 0.1) is 5.92 Å². The number of imide groups is 1. The number of halogens is 2. The third-order valence-electron chi connectivity index (χ3n) is 5.43. The van der Waals surface area contributed by atoms with Gasteiger partial charge in [-0.1, -0.05) is 71.7 Å². The number of fused-ring (bicyclic) bond motifs is 1. The summed E-state index contributed by atoms with van der Waals surface area (Å²) in [6, 6.07) is 23.3. The van der Waals surface area contributed by atoms with E-state index in [0.29, 0.717) is 10.7 Å². The van der Waals surface area contributed by atoms with Gasteiger partial charge in [0.15, 0.2) is 6.10 Å². The van der Waals surface area contributed by atoms with E-state index in [2.05, 4.69) is 0 Å². The molecular formula is C23H16Cl2N2O3. The van der Waals surface area contributed by atoms with Crippen LogP contribution in [0.4, 0.5) is 11.4 Å². The van der Waals surface area contributed by atoms with Crippen molar-refractivity contribution in [2.75, 3.05) is 9.96 Å². The van der Waals surface area contributed by atoms with E-state index in [1.54, 1.807) is 17.2 Å². The Labute approximate surface area is 183 Å². The maximum absolute atomic E-state index is 13.5. The van der Waals surface area contributed by atoms with Gasteiger partial charge in [-0.15, -0.1) is 0 Å². The van der Waals surface area contributed by atoms with Crippen LogP contribution in [0.2, 0.25) is 10.0 Å². The van der Waals surface area contributed by atoms with Crippen LogP contribution in [-0.2, 0) is 14.4 Å². The summed E-state index contributed by atoms with van der Waals surface area (Å²) in [5.74, 6) is -1.42. The van der Waals surface area contributed by atoms with Gasteiger partial charge < -0.3 is 0 Å². The standard InChI is InChI=1S/C23H16Cl2N2O3/c24-17-12-11-16(13-18(17)25)26-22(28)19-20(14-7-3-1-4-8-14)27(30-21(19)23(26)29)15-9-5-2-6-10-15/h1-13,19-21H/t19-,20+,21-/m1/s1. The molecule has 2 aliphatic heterocycles. The van der Waals surface area contributed by atoms with Gasteiger partial charge in [-0.2, -0.15) is 0 Å². The van der Waals surface area contributed by atoms with Gasteiger partial charge in [0.05, 0.1) is 27.5 Å². The molecule has 0 spiro atoms. The van der Waals surface area contributed by atoms with Crippen LogP contribution in [-0.4, -0.2) is 17.9 Å². The Morgan fingerprint density at radius 2 is 1.40 bits per heavy atom. The van der Waals surface area contributed by atoms with Crippen LogP contribution in [0.25, 0.3) is 0 Å². The zero-order valence-corrected chi connectivity index (χ0v) is 17.1. The van der Waals surface area contributed by atoms with E-state index in [4.69, 9.17) is 28.0 Å². The van der Waals surface area contributed by atoms with Crippen molar-refractivity contribution in [3.8, 4) is 0 Å². The van der Waals surface area contributed by atoms with Crippen LogP contribution >= 0.6 is 23.2 Å². The Morgan fingerprint density at radius 3 is 2.07 bits per heavy atom. The molecule has 3 atom stereocenters. The van der Waals surface area contributed by atoms with E-state index >= 15 is 0 Å². The Bertz CT molecular complexity index is 1120. The number of benzene rings is 3. The van der Waals surface area contributed by atoms with Crippen LogP contribution in [0.5, 0.6) is 0 Å². The number of rotatable bonds is 3. The van der Waals surface area contributed by atoms with E-state index in [1.165, 1.54) is 6.07 Å². The van der Waals surface area contributed by atoms with Gasteiger partial charge in [-0.05, 0) is 35.9 Å². The topological polar surface area (TPSA) is 49.9 Å². The van der Waals surface area contributed by atoms with E-state index in [1.807, 2.05) is 60.7 Å². The summed E-state index contributed by atoms with van der Waals surface area (Å²) in [5, 5.41) is 2.30.